The summed E-state index contributed by atoms with van der Waals surface area (Å²) in [5.74, 6) is 0.00602. The molecule has 0 saturated carbocycles. The third-order valence-electron chi connectivity index (χ3n) is 2.37. The van der Waals surface area contributed by atoms with Gasteiger partial charge in [0.25, 0.3) is 5.91 Å². The van der Waals surface area contributed by atoms with Crippen molar-refractivity contribution in [2.24, 2.45) is 0 Å². The van der Waals surface area contributed by atoms with E-state index in [0.717, 1.165) is 22.2 Å². The molecule has 2 heterocycles. The number of aromatic amines is 1. The van der Waals surface area contributed by atoms with Crippen LogP contribution in [-0.4, -0.2) is 15.9 Å². The van der Waals surface area contributed by atoms with E-state index in [2.05, 4.69) is 15.3 Å². The van der Waals surface area contributed by atoms with Crippen LogP contribution in [0.25, 0.3) is 11.0 Å². The Labute approximate surface area is 74.0 Å². The van der Waals surface area contributed by atoms with Crippen LogP contribution >= 0.6 is 0 Å². The summed E-state index contributed by atoms with van der Waals surface area (Å²) in [6, 6.07) is 3.68. The number of aromatic nitrogens is 2. The molecule has 0 bridgehead atoms. The Kier molecular flexibility index (Phi) is 1.07. The molecule has 4 heteroatoms. The van der Waals surface area contributed by atoms with Crippen LogP contribution in [0, 0.1) is 0 Å². The molecule has 13 heavy (non-hydrogen) atoms. The second kappa shape index (κ2) is 2.10. The van der Waals surface area contributed by atoms with Gasteiger partial charge in [-0.05, 0) is 12.1 Å². The number of hydrogen-bond donors (Lipinski definition) is 2. The van der Waals surface area contributed by atoms with E-state index in [4.69, 9.17) is 0 Å². The number of rotatable bonds is 0. The first-order valence-corrected chi connectivity index (χ1v) is 4.09. The zero-order valence-corrected chi connectivity index (χ0v) is 6.79. The minimum absolute atomic E-state index is 0.00602. The maximum atomic E-state index is 11.3. The van der Waals surface area contributed by atoms with Gasteiger partial charge in [-0.25, -0.2) is 4.98 Å². The van der Waals surface area contributed by atoms with E-state index < -0.39 is 0 Å². The molecule has 1 aliphatic rings. The van der Waals surface area contributed by atoms with Gasteiger partial charge >= 0.3 is 0 Å². The molecule has 0 spiro atoms. The fraction of sp³-hybridized carbons (Fsp3) is 0.111. The van der Waals surface area contributed by atoms with Gasteiger partial charge in [-0.3, -0.25) is 4.79 Å². The molecule has 0 fully saturated rings. The van der Waals surface area contributed by atoms with E-state index in [0.29, 0.717) is 6.54 Å². The summed E-state index contributed by atoms with van der Waals surface area (Å²) >= 11 is 0. The summed E-state index contributed by atoms with van der Waals surface area (Å²) in [4.78, 5) is 18.4. The zero-order valence-electron chi connectivity index (χ0n) is 6.79. The zero-order chi connectivity index (χ0) is 8.84. The van der Waals surface area contributed by atoms with E-state index >= 15 is 0 Å². The number of amides is 1. The second-order valence-corrected chi connectivity index (χ2v) is 3.07. The Morgan fingerprint density at radius 3 is 3.23 bits per heavy atom. The third kappa shape index (κ3) is 0.744. The van der Waals surface area contributed by atoms with Crippen molar-refractivity contribution in [2.45, 2.75) is 6.54 Å². The van der Waals surface area contributed by atoms with Crippen LogP contribution < -0.4 is 5.32 Å². The van der Waals surface area contributed by atoms with Gasteiger partial charge in [-0.1, -0.05) is 0 Å². The van der Waals surface area contributed by atoms with Gasteiger partial charge in [0.15, 0.2) is 0 Å². The standard InChI is InChI=1S/C9H7N3O/c13-9-5-1-2-7-8(12-4-11-7)6(5)3-10-9/h1-2,4H,3H2,(H,10,13)(H,11,12). The van der Waals surface area contributed by atoms with Gasteiger partial charge in [0, 0.05) is 17.7 Å². The largest absolute Gasteiger partial charge is 0.348 e. The van der Waals surface area contributed by atoms with Crippen LogP contribution in [-0.2, 0) is 6.54 Å². The number of fused-ring (bicyclic) bond motifs is 3. The van der Waals surface area contributed by atoms with E-state index in [9.17, 15) is 4.79 Å². The lowest BCUT2D eigenvalue weighted by molar-refractivity contribution is 0.0966. The fourth-order valence-electron chi connectivity index (χ4n) is 1.73. The van der Waals surface area contributed by atoms with Crippen LogP contribution in [0.4, 0.5) is 0 Å². The van der Waals surface area contributed by atoms with Crippen LogP contribution in [0.1, 0.15) is 15.9 Å². The lowest BCUT2D eigenvalue weighted by Gasteiger charge is -1.95. The molecule has 64 valence electrons. The number of imidazole rings is 1. The van der Waals surface area contributed by atoms with E-state index in [-0.39, 0.29) is 5.91 Å². The second-order valence-electron chi connectivity index (χ2n) is 3.07. The highest BCUT2D eigenvalue weighted by molar-refractivity contribution is 6.02. The van der Waals surface area contributed by atoms with Crippen molar-refractivity contribution in [3.05, 3.63) is 29.6 Å². The van der Waals surface area contributed by atoms with Crippen molar-refractivity contribution in [1.82, 2.24) is 15.3 Å². The quantitative estimate of drug-likeness (QED) is 0.619. The van der Waals surface area contributed by atoms with Crippen molar-refractivity contribution in [3.8, 4) is 0 Å². The van der Waals surface area contributed by atoms with Crippen molar-refractivity contribution < 1.29 is 4.79 Å². The molecule has 1 aliphatic heterocycles. The molecule has 1 amide bonds. The summed E-state index contributed by atoms with van der Waals surface area (Å²) in [6.45, 7) is 0.605. The molecule has 2 aromatic rings. The maximum Gasteiger partial charge on any atom is 0.251 e. The first-order chi connectivity index (χ1) is 6.36. The summed E-state index contributed by atoms with van der Waals surface area (Å²) < 4.78 is 0. The minimum atomic E-state index is 0.00602. The molecular weight excluding hydrogens is 166 g/mol. The number of carbonyl (C=O) groups excluding carboxylic acids is 1. The molecule has 2 N–H and O–H groups in total. The average molecular weight is 173 g/mol. The van der Waals surface area contributed by atoms with Crippen LogP contribution in [0.15, 0.2) is 18.5 Å². The highest BCUT2D eigenvalue weighted by atomic mass is 16.1. The summed E-state index contributed by atoms with van der Waals surface area (Å²) in [7, 11) is 0. The summed E-state index contributed by atoms with van der Waals surface area (Å²) in [5, 5.41) is 2.78. The smallest absolute Gasteiger partial charge is 0.251 e. The molecular formula is C9H7N3O. The van der Waals surface area contributed by atoms with Crippen LogP contribution in [0.5, 0.6) is 0 Å². The molecule has 0 atom stereocenters. The predicted molar refractivity (Wildman–Crippen MR) is 47.3 cm³/mol. The highest BCUT2D eigenvalue weighted by Gasteiger charge is 2.21. The van der Waals surface area contributed by atoms with Crippen LogP contribution in [0.2, 0.25) is 0 Å². The van der Waals surface area contributed by atoms with Crippen molar-refractivity contribution in [1.29, 1.82) is 0 Å². The molecule has 4 nitrogen and oxygen atoms in total. The average Bonchev–Trinajstić information content (AvgIpc) is 2.70. The lowest BCUT2D eigenvalue weighted by Crippen LogP contribution is -2.12. The molecule has 0 unspecified atom stereocenters. The van der Waals surface area contributed by atoms with E-state index in [1.54, 1.807) is 6.33 Å². The predicted octanol–water partition coefficient (Wildman–Crippen LogP) is 0.806. The number of carbonyl (C=O) groups is 1. The van der Waals surface area contributed by atoms with E-state index in [1.165, 1.54) is 0 Å². The Hall–Kier alpha value is -1.84. The van der Waals surface area contributed by atoms with Gasteiger partial charge < -0.3 is 10.3 Å². The first kappa shape index (κ1) is 6.65. The molecule has 0 radical (unpaired) electrons. The van der Waals surface area contributed by atoms with Crippen LogP contribution in [0.3, 0.4) is 0 Å². The molecule has 0 saturated heterocycles. The fourth-order valence-corrected chi connectivity index (χ4v) is 1.73. The number of nitrogens with one attached hydrogen (secondary N) is 2. The van der Waals surface area contributed by atoms with E-state index in [1.807, 2.05) is 12.1 Å². The molecule has 0 aliphatic carbocycles. The topological polar surface area (TPSA) is 57.8 Å². The number of hydrogen-bond acceptors (Lipinski definition) is 2. The Bertz CT molecular complexity index is 501. The monoisotopic (exact) mass is 173 g/mol. The SMILES string of the molecule is O=C1NCc2c1ccc1nc[nH]c21. The third-order valence-corrected chi connectivity index (χ3v) is 2.37. The van der Waals surface area contributed by atoms with Gasteiger partial charge in [0.1, 0.15) is 0 Å². The number of benzene rings is 1. The molecule has 1 aromatic carbocycles. The molecule has 3 rings (SSSR count). The van der Waals surface area contributed by atoms with Crippen molar-refractivity contribution in [2.75, 3.05) is 0 Å². The lowest BCUT2D eigenvalue weighted by atomic mass is 10.1. The normalized spacial score (nSPS) is 14.6. The first-order valence-electron chi connectivity index (χ1n) is 4.09. The highest BCUT2D eigenvalue weighted by Crippen LogP contribution is 2.22. The van der Waals surface area contributed by atoms with Gasteiger partial charge in [0.2, 0.25) is 0 Å². The Morgan fingerprint density at radius 1 is 1.38 bits per heavy atom. The Morgan fingerprint density at radius 2 is 2.31 bits per heavy atom. The summed E-state index contributed by atoms with van der Waals surface area (Å²) in [6.07, 6.45) is 1.65. The Balaban J connectivity index is 2.45. The van der Waals surface area contributed by atoms with Crippen molar-refractivity contribution in [3.63, 3.8) is 0 Å². The van der Waals surface area contributed by atoms with Gasteiger partial charge in [-0.2, -0.15) is 0 Å². The van der Waals surface area contributed by atoms with Crippen molar-refractivity contribution >= 4 is 16.9 Å². The molecule has 1 aromatic heterocycles. The number of H-pyrrole nitrogens is 1. The number of nitrogens with zero attached hydrogens (tertiary/aromatic N) is 1. The van der Waals surface area contributed by atoms with Gasteiger partial charge in [0.05, 0.1) is 17.4 Å². The summed E-state index contributed by atoms with van der Waals surface area (Å²) in [5.41, 5.74) is 3.67. The van der Waals surface area contributed by atoms with Gasteiger partial charge in [-0.15, -0.1) is 0 Å². The minimum Gasteiger partial charge on any atom is -0.348 e. The maximum absolute atomic E-state index is 11.3.